The summed E-state index contributed by atoms with van der Waals surface area (Å²) in [5.41, 5.74) is 5.52. The maximum absolute atomic E-state index is 13.6. The van der Waals surface area contributed by atoms with Crippen LogP contribution in [-0.4, -0.2) is 181 Å². The number of thioether (sulfide) groups is 1. The summed E-state index contributed by atoms with van der Waals surface area (Å²) in [4.78, 5) is 62.5. The van der Waals surface area contributed by atoms with Gasteiger partial charge >= 0.3 is 0 Å². The number of amidine groups is 1. The Kier molecular flexibility index (Phi) is 14.4. The molecule has 2 N–H and O–H groups in total. The monoisotopic (exact) mass is 1020 g/mol. The highest BCUT2D eigenvalue weighted by Crippen LogP contribution is 2.38. The number of nitrogens with zero attached hydrogens (tertiary/aromatic N) is 13. The molecule has 71 heavy (non-hydrogen) atoms. The second-order valence-corrected chi connectivity index (χ2v) is 22.4. The third-order valence-corrected chi connectivity index (χ3v) is 17.6. The van der Waals surface area contributed by atoms with E-state index in [4.69, 9.17) is 16.6 Å². The molecule has 1 spiro atoms. The highest BCUT2D eigenvalue weighted by molar-refractivity contribution is 8.00. The molecule has 0 aliphatic carbocycles. The van der Waals surface area contributed by atoms with E-state index in [1.165, 1.54) is 28.0 Å². The van der Waals surface area contributed by atoms with Gasteiger partial charge in [0.25, 0.3) is 5.91 Å². The van der Waals surface area contributed by atoms with Crippen LogP contribution in [0.25, 0.3) is 16.7 Å². The number of benzene rings is 2. The van der Waals surface area contributed by atoms with Crippen molar-refractivity contribution in [3.8, 4) is 5.69 Å². The predicted molar refractivity (Wildman–Crippen MR) is 280 cm³/mol. The number of piperidine rings is 2. The SMILES string of the molecule is Cc1cc(-n2ccnc2)ccc1CSc1nnc(C(=O)N2CCC(CN3CCN(CC(=O)N4CCN(CC[C@H](N=C5NC56CCN(c5ncnc7[nH]ccc57)CC6)c5ccc(Cl)cc5)CC4)CC3)CC2)s1. The summed E-state index contributed by atoms with van der Waals surface area (Å²) < 4.78 is 2.81. The zero-order chi connectivity index (χ0) is 48.3. The number of nitrogens with one attached hydrogen (secondary N) is 2. The van der Waals surface area contributed by atoms with Crippen molar-refractivity contribution in [3.05, 3.63) is 106 Å². The molecule has 2 aromatic carbocycles. The number of rotatable bonds is 15. The van der Waals surface area contributed by atoms with Crippen molar-refractivity contribution in [2.75, 3.05) is 103 Å². The first-order valence-corrected chi connectivity index (χ1v) is 27.3. The Labute approximate surface area is 428 Å². The van der Waals surface area contributed by atoms with E-state index in [0.29, 0.717) is 17.5 Å². The molecule has 6 aromatic rings. The van der Waals surface area contributed by atoms with Crippen LogP contribution in [0.4, 0.5) is 5.82 Å². The number of piperazine rings is 2. The molecule has 4 aromatic heterocycles. The van der Waals surface area contributed by atoms with Crippen LogP contribution in [0.15, 0.2) is 89.1 Å². The fraction of sp³-hybridized carbons (Fsp3) is 0.490. The summed E-state index contributed by atoms with van der Waals surface area (Å²) in [6.45, 7) is 14.8. The third-order valence-electron chi connectivity index (χ3n) is 15.3. The molecule has 11 rings (SSSR count). The van der Waals surface area contributed by atoms with Crippen molar-refractivity contribution < 1.29 is 9.59 Å². The number of fused-ring (bicyclic) bond motifs is 1. The molecule has 2 amide bonds. The van der Waals surface area contributed by atoms with E-state index >= 15 is 0 Å². The molecular weight excluding hydrogens is 954 g/mol. The first-order chi connectivity index (χ1) is 34.7. The van der Waals surface area contributed by atoms with Crippen molar-refractivity contribution >= 4 is 69.2 Å². The van der Waals surface area contributed by atoms with Crippen molar-refractivity contribution in [3.63, 3.8) is 0 Å². The highest BCUT2D eigenvalue weighted by atomic mass is 35.5. The molecule has 9 heterocycles. The number of aryl methyl sites for hydroxylation is 1. The van der Waals surface area contributed by atoms with Crippen LogP contribution in [0.3, 0.4) is 0 Å². The summed E-state index contributed by atoms with van der Waals surface area (Å²) in [5.74, 6) is 3.66. The zero-order valence-corrected chi connectivity index (χ0v) is 42.7. The van der Waals surface area contributed by atoms with Crippen LogP contribution in [0.5, 0.6) is 0 Å². The number of imidazole rings is 1. The van der Waals surface area contributed by atoms with E-state index in [2.05, 4.69) is 103 Å². The van der Waals surface area contributed by atoms with Crippen molar-refractivity contribution in [1.82, 2.24) is 64.5 Å². The molecule has 5 aliphatic heterocycles. The Hall–Kier alpha value is -5.44. The molecule has 372 valence electrons. The normalized spacial score (nSPS) is 20.3. The first-order valence-electron chi connectivity index (χ1n) is 25.2. The van der Waals surface area contributed by atoms with Crippen LogP contribution < -0.4 is 10.2 Å². The standard InChI is InChI=1S/C51H62ClN15O2S2/c1-36-30-41(67-21-15-53-35-67)7-4-39(36)33-70-50-60-59-47(71-50)48(69)66-17-9-37(10-18-66)31-62-22-24-63(25-23-62)32-44(68)64-28-26-61(27-29-64)16-11-43(38-2-5-40(52)6-3-38)57-49-51(58-49)12-19-65(20-13-51)46-42-8-14-54-45(42)55-34-56-46/h2-8,14-15,21,30,34-35,37,43H,9-13,16-20,22-29,31-33H2,1H3,(H,57,58)(H,54,55,56)/t43-/m0/s1. The molecule has 5 fully saturated rings. The van der Waals surface area contributed by atoms with Crippen LogP contribution in [-0.2, 0) is 10.5 Å². The minimum absolute atomic E-state index is 0.00638. The van der Waals surface area contributed by atoms with Gasteiger partial charge in [-0.1, -0.05) is 52.9 Å². The maximum Gasteiger partial charge on any atom is 0.284 e. The maximum atomic E-state index is 13.6. The fourth-order valence-electron chi connectivity index (χ4n) is 10.7. The van der Waals surface area contributed by atoms with Crippen LogP contribution in [0.2, 0.25) is 5.02 Å². The highest BCUT2D eigenvalue weighted by Gasteiger charge is 2.52. The van der Waals surface area contributed by atoms with Gasteiger partial charge in [0.05, 0.1) is 29.8 Å². The summed E-state index contributed by atoms with van der Waals surface area (Å²) >= 11 is 9.34. The molecule has 5 saturated heterocycles. The number of aromatic amines is 1. The number of H-pyrrole nitrogens is 1. The topological polar surface area (TPSA) is 173 Å². The third kappa shape index (κ3) is 11.1. The number of likely N-dealkylation sites (tertiary alicyclic amines) is 1. The van der Waals surface area contributed by atoms with E-state index < -0.39 is 0 Å². The van der Waals surface area contributed by atoms with Gasteiger partial charge in [-0.25, -0.2) is 15.0 Å². The lowest BCUT2D eigenvalue weighted by Crippen LogP contribution is -2.54. The first kappa shape index (κ1) is 47.9. The molecule has 20 heteroatoms. The van der Waals surface area contributed by atoms with Crippen LogP contribution in [0, 0.1) is 12.8 Å². The Morgan fingerprint density at radius 2 is 1.66 bits per heavy atom. The van der Waals surface area contributed by atoms with Crippen molar-refractivity contribution in [2.24, 2.45) is 10.9 Å². The summed E-state index contributed by atoms with van der Waals surface area (Å²) in [7, 11) is 0. The number of halogens is 1. The molecule has 1 atom stereocenters. The molecule has 17 nitrogen and oxygen atoms in total. The number of hydrogen-bond donors (Lipinski definition) is 2. The van der Waals surface area contributed by atoms with E-state index in [1.54, 1.807) is 30.6 Å². The minimum Gasteiger partial charge on any atom is -0.359 e. The van der Waals surface area contributed by atoms with E-state index in [9.17, 15) is 9.59 Å². The number of carbonyl (C=O) groups excluding carboxylic acids is 2. The Morgan fingerprint density at radius 3 is 2.42 bits per heavy atom. The number of hydrogen-bond acceptors (Lipinski definition) is 14. The Balaban J connectivity index is 0.581. The fourth-order valence-corrected chi connectivity index (χ4v) is 12.8. The molecule has 0 radical (unpaired) electrons. The number of carbonyl (C=O) groups is 2. The largest absolute Gasteiger partial charge is 0.359 e. The average molecular weight is 1020 g/mol. The minimum atomic E-state index is -0.0459. The number of anilines is 1. The lowest BCUT2D eigenvalue weighted by Gasteiger charge is -2.40. The van der Waals surface area contributed by atoms with Gasteiger partial charge in [-0.3, -0.25) is 24.4 Å². The molecular formula is C51H62ClN15O2S2. The average Bonchev–Trinajstić information content (AvgIpc) is 3.97. The van der Waals surface area contributed by atoms with Crippen molar-refractivity contribution in [1.29, 1.82) is 0 Å². The van der Waals surface area contributed by atoms with Crippen LogP contribution in [0.1, 0.15) is 64.6 Å². The van der Waals surface area contributed by atoms with Gasteiger partial charge in [0.2, 0.25) is 10.9 Å². The van der Waals surface area contributed by atoms with E-state index in [0.717, 1.165) is 167 Å². The lowest BCUT2D eigenvalue weighted by atomic mass is 9.95. The number of amides is 2. The lowest BCUT2D eigenvalue weighted by molar-refractivity contribution is -0.134. The quantitative estimate of drug-likeness (QED) is 0.0903. The van der Waals surface area contributed by atoms with Gasteiger partial charge < -0.3 is 34.5 Å². The summed E-state index contributed by atoms with van der Waals surface area (Å²) in [5, 5.41) is 14.6. The molecule has 0 bridgehead atoms. The predicted octanol–water partition coefficient (Wildman–Crippen LogP) is 6.04. The smallest absolute Gasteiger partial charge is 0.284 e. The zero-order valence-electron chi connectivity index (χ0n) is 40.3. The summed E-state index contributed by atoms with van der Waals surface area (Å²) in [6, 6.07) is 16.6. The Bertz CT molecular complexity index is 2810. The van der Waals surface area contributed by atoms with E-state index in [-0.39, 0.29) is 23.4 Å². The van der Waals surface area contributed by atoms with Gasteiger partial charge in [0.1, 0.15) is 23.6 Å². The number of aromatic nitrogens is 7. The summed E-state index contributed by atoms with van der Waals surface area (Å²) in [6.07, 6.45) is 13.9. The van der Waals surface area contributed by atoms with Crippen molar-refractivity contribution in [2.45, 2.75) is 60.7 Å². The Morgan fingerprint density at radius 1 is 0.887 bits per heavy atom. The van der Waals surface area contributed by atoms with E-state index in [1.807, 2.05) is 34.0 Å². The molecule has 0 unspecified atom stereocenters. The second-order valence-electron chi connectivity index (χ2n) is 19.7. The van der Waals surface area contributed by atoms with Crippen LogP contribution >= 0.6 is 34.7 Å². The molecule has 0 saturated carbocycles. The number of aliphatic imine (C=N–C) groups is 1. The van der Waals surface area contributed by atoms with Gasteiger partial charge in [-0.2, -0.15) is 0 Å². The molecule has 5 aliphatic rings. The van der Waals surface area contributed by atoms with Gasteiger partial charge in [-0.05, 0) is 92.0 Å². The van der Waals surface area contributed by atoms with Gasteiger partial charge in [0.15, 0.2) is 4.34 Å². The van der Waals surface area contributed by atoms with Gasteiger partial charge in [-0.15, -0.1) is 10.2 Å². The second kappa shape index (κ2) is 21.3. The van der Waals surface area contributed by atoms with Gasteiger partial charge in [0, 0.05) is 127 Å².